The molecule has 2 unspecified atom stereocenters. The third-order valence-electron chi connectivity index (χ3n) is 3.79. The van der Waals surface area contributed by atoms with Gasteiger partial charge in [-0.05, 0) is 32.0 Å². The number of phenols is 1. The number of benzene rings is 1. The number of likely N-dealkylation sites (tertiary alicyclic amines) is 1. The van der Waals surface area contributed by atoms with Gasteiger partial charge in [0.2, 0.25) is 0 Å². The SMILES string of the molecule is CN1CC2CCC(C1)N2c1cccc(O)c1. The van der Waals surface area contributed by atoms with Crippen molar-refractivity contribution in [2.24, 2.45) is 0 Å². The lowest BCUT2D eigenvalue weighted by molar-refractivity contribution is 0.264. The number of hydrogen-bond acceptors (Lipinski definition) is 3. The first-order valence-electron chi connectivity index (χ1n) is 6.00. The van der Waals surface area contributed by atoms with Gasteiger partial charge in [-0.3, -0.25) is 0 Å². The van der Waals surface area contributed by atoms with Crippen LogP contribution in [0.15, 0.2) is 24.3 Å². The van der Waals surface area contributed by atoms with E-state index >= 15 is 0 Å². The van der Waals surface area contributed by atoms with Gasteiger partial charge in [-0.15, -0.1) is 0 Å². The number of piperazine rings is 1. The minimum absolute atomic E-state index is 0.371. The lowest BCUT2D eigenvalue weighted by Gasteiger charge is -2.41. The molecule has 1 aromatic rings. The van der Waals surface area contributed by atoms with Crippen LogP contribution >= 0.6 is 0 Å². The summed E-state index contributed by atoms with van der Waals surface area (Å²) in [7, 11) is 2.20. The van der Waals surface area contributed by atoms with E-state index in [9.17, 15) is 5.11 Å². The van der Waals surface area contributed by atoms with Crippen LogP contribution in [0.25, 0.3) is 0 Å². The molecule has 3 heteroatoms. The molecule has 16 heavy (non-hydrogen) atoms. The molecular weight excluding hydrogens is 200 g/mol. The van der Waals surface area contributed by atoms with Gasteiger partial charge in [-0.25, -0.2) is 0 Å². The maximum absolute atomic E-state index is 9.55. The van der Waals surface area contributed by atoms with E-state index in [2.05, 4.69) is 22.9 Å². The van der Waals surface area contributed by atoms with E-state index in [1.807, 2.05) is 12.1 Å². The Bertz CT molecular complexity index is 379. The predicted octanol–water partition coefficient (Wildman–Crippen LogP) is 1.67. The predicted molar refractivity (Wildman–Crippen MR) is 64.9 cm³/mol. The summed E-state index contributed by atoms with van der Waals surface area (Å²) in [4.78, 5) is 4.92. The van der Waals surface area contributed by atoms with E-state index in [0.29, 0.717) is 17.8 Å². The molecule has 2 bridgehead atoms. The Labute approximate surface area is 96.3 Å². The lowest BCUT2D eigenvalue weighted by Crippen LogP contribution is -2.52. The number of hydrogen-bond donors (Lipinski definition) is 1. The molecule has 0 aromatic heterocycles. The first-order valence-corrected chi connectivity index (χ1v) is 6.00. The summed E-state index contributed by atoms with van der Waals surface area (Å²) < 4.78 is 0. The number of rotatable bonds is 1. The van der Waals surface area contributed by atoms with Crippen LogP contribution in [0.5, 0.6) is 5.75 Å². The average molecular weight is 218 g/mol. The van der Waals surface area contributed by atoms with E-state index in [1.165, 1.54) is 18.5 Å². The van der Waals surface area contributed by atoms with Crippen molar-refractivity contribution in [1.82, 2.24) is 4.90 Å². The Balaban J connectivity index is 1.91. The summed E-state index contributed by atoms with van der Waals surface area (Å²) in [6.45, 7) is 2.29. The first kappa shape index (κ1) is 9.97. The van der Waals surface area contributed by atoms with Crippen molar-refractivity contribution in [3.63, 3.8) is 0 Å². The highest BCUT2D eigenvalue weighted by atomic mass is 16.3. The molecule has 0 radical (unpaired) electrons. The Morgan fingerprint density at radius 2 is 1.88 bits per heavy atom. The molecule has 2 atom stereocenters. The summed E-state index contributed by atoms with van der Waals surface area (Å²) in [5.74, 6) is 0.371. The standard InChI is InChI=1S/C13H18N2O/c1-14-8-11-5-6-12(9-14)15(11)10-3-2-4-13(16)7-10/h2-4,7,11-12,16H,5-6,8-9H2,1H3. The van der Waals surface area contributed by atoms with Crippen LogP contribution in [0.3, 0.4) is 0 Å². The van der Waals surface area contributed by atoms with Crippen LogP contribution in [0.1, 0.15) is 12.8 Å². The molecule has 0 aliphatic carbocycles. The summed E-state index contributed by atoms with van der Waals surface area (Å²) >= 11 is 0. The minimum atomic E-state index is 0.371. The van der Waals surface area contributed by atoms with E-state index in [4.69, 9.17) is 0 Å². The molecular formula is C13H18N2O. The zero-order valence-corrected chi connectivity index (χ0v) is 9.63. The van der Waals surface area contributed by atoms with Crippen molar-refractivity contribution in [1.29, 1.82) is 0 Å². The Kier molecular flexibility index (Phi) is 2.28. The fraction of sp³-hybridized carbons (Fsp3) is 0.538. The summed E-state index contributed by atoms with van der Waals surface area (Å²) in [5, 5.41) is 9.55. The number of likely N-dealkylation sites (N-methyl/N-ethyl adjacent to an activating group) is 1. The fourth-order valence-corrected chi connectivity index (χ4v) is 3.19. The highest BCUT2D eigenvalue weighted by molar-refractivity contribution is 5.53. The minimum Gasteiger partial charge on any atom is -0.508 e. The number of phenolic OH excluding ortho intramolecular Hbond substituents is 1. The monoisotopic (exact) mass is 218 g/mol. The van der Waals surface area contributed by atoms with Crippen molar-refractivity contribution in [3.05, 3.63) is 24.3 Å². The van der Waals surface area contributed by atoms with Crippen LogP contribution in [0.4, 0.5) is 5.69 Å². The zero-order valence-electron chi connectivity index (χ0n) is 9.63. The van der Waals surface area contributed by atoms with Gasteiger partial charge in [0.15, 0.2) is 0 Å². The summed E-state index contributed by atoms with van der Waals surface area (Å²) in [6.07, 6.45) is 2.56. The second kappa shape index (κ2) is 3.67. The average Bonchev–Trinajstić information content (AvgIpc) is 2.51. The number of fused-ring (bicyclic) bond motifs is 2. The largest absolute Gasteiger partial charge is 0.508 e. The third-order valence-corrected chi connectivity index (χ3v) is 3.79. The first-order chi connectivity index (χ1) is 7.74. The van der Waals surface area contributed by atoms with Gasteiger partial charge in [0.25, 0.3) is 0 Å². The molecule has 2 fully saturated rings. The van der Waals surface area contributed by atoms with Crippen LogP contribution < -0.4 is 4.90 Å². The van der Waals surface area contributed by atoms with Gasteiger partial charge in [0.05, 0.1) is 0 Å². The van der Waals surface area contributed by atoms with Gasteiger partial charge in [0, 0.05) is 36.9 Å². The molecule has 2 heterocycles. The van der Waals surface area contributed by atoms with Crippen molar-refractivity contribution in [2.45, 2.75) is 24.9 Å². The van der Waals surface area contributed by atoms with Crippen LogP contribution in [-0.4, -0.2) is 42.2 Å². The molecule has 3 nitrogen and oxygen atoms in total. The second-order valence-electron chi connectivity index (χ2n) is 5.03. The molecule has 1 N–H and O–H groups in total. The maximum Gasteiger partial charge on any atom is 0.117 e. The molecule has 0 spiro atoms. The summed E-state index contributed by atoms with van der Waals surface area (Å²) in [5.41, 5.74) is 1.18. The molecule has 3 rings (SSSR count). The molecule has 2 aliphatic rings. The fourth-order valence-electron chi connectivity index (χ4n) is 3.19. The highest BCUT2D eigenvalue weighted by Gasteiger charge is 2.38. The molecule has 86 valence electrons. The van der Waals surface area contributed by atoms with Gasteiger partial charge in [-0.1, -0.05) is 6.07 Å². The normalized spacial score (nSPS) is 29.7. The van der Waals surface area contributed by atoms with Crippen LogP contribution in [0, 0.1) is 0 Å². The quantitative estimate of drug-likeness (QED) is 0.777. The van der Waals surface area contributed by atoms with Gasteiger partial charge < -0.3 is 14.9 Å². The van der Waals surface area contributed by atoms with Crippen molar-refractivity contribution < 1.29 is 5.11 Å². The van der Waals surface area contributed by atoms with E-state index < -0.39 is 0 Å². The van der Waals surface area contributed by atoms with E-state index in [1.54, 1.807) is 6.07 Å². The number of nitrogens with zero attached hydrogens (tertiary/aromatic N) is 2. The maximum atomic E-state index is 9.55. The Morgan fingerprint density at radius 3 is 2.50 bits per heavy atom. The van der Waals surface area contributed by atoms with Gasteiger partial charge >= 0.3 is 0 Å². The highest BCUT2D eigenvalue weighted by Crippen LogP contribution is 2.35. The zero-order chi connectivity index (χ0) is 11.1. The smallest absolute Gasteiger partial charge is 0.117 e. The second-order valence-corrected chi connectivity index (χ2v) is 5.03. The lowest BCUT2D eigenvalue weighted by atomic mass is 10.1. The van der Waals surface area contributed by atoms with Gasteiger partial charge in [0.1, 0.15) is 5.75 Å². The third kappa shape index (κ3) is 1.55. The Hall–Kier alpha value is -1.22. The van der Waals surface area contributed by atoms with Crippen LogP contribution in [0.2, 0.25) is 0 Å². The number of anilines is 1. The molecule has 0 saturated carbocycles. The molecule has 1 aromatic carbocycles. The van der Waals surface area contributed by atoms with Crippen LogP contribution in [-0.2, 0) is 0 Å². The van der Waals surface area contributed by atoms with E-state index in [0.717, 1.165) is 13.1 Å². The summed E-state index contributed by atoms with van der Waals surface area (Å²) in [6, 6.07) is 8.92. The van der Waals surface area contributed by atoms with E-state index in [-0.39, 0.29) is 0 Å². The topological polar surface area (TPSA) is 26.7 Å². The van der Waals surface area contributed by atoms with Crippen molar-refractivity contribution >= 4 is 5.69 Å². The number of aromatic hydroxyl groups is 1. The van der Waals surface area contributed by atoms with Crippen molar-refractivity contribution in [3.8, 4) is 5.75 Å². The molecule has 2 aliphatic heterocycles. The van der Waals surface area contributed by atoms with Crippen molar-refractivity contribution in [2.75, 3.05) is 25.0 Å². The Morgan fingerprint density at radius 1 is 1.19 bits per heavy atom. The molecule has 2 saturated heterocycles. The van der Waals surface area contributed by atoms with Gasteiger partial charge in [-0.2, -0.15) is 0 Å². The molecule has 0 amide bonds.